The molecule has 0 radical (unpaired) electrons. The van der Waals surface area contributed by atoms with Crippen LogP contribution in [0.15, 0.2) is 36.7 Å². The third kappa shape index (κ3) is 4.21. The van der Waals surface area contributed by atoms with Gasteiger partial charge < -0.3 is 15.1 Å². The first kappa shape index (κ1) is 17.5. The summed E-state index contributed by atoms with van der Waals surface area (Å²) < 4.78 is 0. The Morgan fingerprint density at radius 1 is 1.12 bits per heavy atom. The van der Waals surface area contributed by atoms with Gasteiger partial charge in [-0.2, -0.15) is 0 Å². The molecule has 0 saturated carbocycles. The molecule has 1 aromatic carbocycles. The van der Waals surface area contributed by atoms with Crippen LogP contribution >= 0.6 is 23.2 Å². The van der Waals surface area contributed by atoms with Gasteiger partial charge in [-0.1, -0.05) is 23.2 Å². The summed E-state index contributed by atoms with van der Waals surface area (Å²) in [5, 5.41) is 3.63. The monoisotopic (exact) mass is 378 g/mol. The molecule has 2 amide bonds. The van der Waals surface area contributed by atoms with Crippen LogP contribution in [0.4, 0.5) is 11.4 Å². The molecule has 2 heterocycles. The van der Waals surface area contributed by atoms with Crippen molar-refractivity contribution in [3.63, 3.8) is 0 Å². The summed E-state index contributed by atoms with van der Waals surface area (Å²) in [6.07, 6.45) is 4.07. The van der Waals surface area contributed by atoms with Crippen molar-refractivity contribution in [2.75, 3.05) is 36.4 Å². The number of hydrogen-bond donors (Lipinski definition) is 1. The van der Waals surface area contributed by atoms with Crippen LogP contribution in [0.5, 0.6) is 0 Å². The molecule has 1 aliphatic rings. The molecule has 6 nitrogen and oxygen atoms in total. The molecule has 0 atom stereocenters. The largest absolute Gasteiger partial charge is 0.367 e. The van der Waals surface area contributed by atoms with E-state index in [0.717, 1.165) is 12.1 Å². The summed E-state index contributed by atoms with van der Waals surface area (Å²) in [6, 6.07) is 6.66. The minimum absolute atomic E-state index is 0.301. The van der Waals surface area contributed by atoms with E-state index in [1.807, 2.05) is 0 Å². The highest BCUT2D eigenvalue weighted by atomic mass is 35.5. The second kappa shape index (κ2) is 7.72. The molecular formula is C17H16Cl2N4O2. The average Bonchev–Trinajstić information content (AvgIpc) is 2.64. The highest BCUT2D eigenvalue weighted by Crippen LogP contribution is 2.26. The summed E-state index contributed by atoms with van der Waals surface area (Å²) in [4.78, 5) is 31.2. The fourth-order valence-electron chi connectivity index (χ4n) is 2.60. The number of nitrogens with one attached hydrogen (secondary N) is 1. The molecular weight excluding hydrogens is 363 g/mol. The van der Waals surface area contributed by atoms with Crippen molar-refractivity contribution in [1.29, 1.82) is 0 Å². The van der Waals surface area contributed by atoms with Gasteiger partial charge in [0.1, 0.15) is 0 Å². The van der Waals surface area contributed by atoms with Crippen LogP contribution in [-0.4, -0.2) is 48.4 Å². The van der Waals surface area contributed by atoms with Gasteiger partial charge in [0.25, 0.3) is 5.91 Å². The van der Waals surface area contributed by atoms with Crippen LogP contribution in [0.1, 0.15) is 10.4 Å². The van der Waals surface area contributed by atoms with Crippen LogP contribution in [0.2, 0.25) is 10.0 Å². The lowest BCUT2D eigenvalue weighted by molar-refractivity contribution is -0.118. The number of pyridine rings is 1. The van der Waals surface area contributed by atoms with E-state index in [0.29, 0.717) is 47.5 Å². The predicted octanol–water partition coefficient (Wildman–Crippen LogP) is 2.92. The van der Waals surface area contributed by atoms with E-state index < -0.39 is 0 Å². The van der Waals surface area contributed by atoms with Crippen LogP contribution in [-0.2, 0) is 4.79 Å². The lowest BCUT2D eigenvalue weighted by atomic mass is 10.2. The Labute approximate surface area is 155 Å². The van der Waals surface area contributed by atoms with Gasteiger partial charge >= 0.3 is 0 Å². The molecule has 2 aromatic rings. The summed E-state index contributed by atoms with van der Waals surface area (Å²) >= 11 is 11.9. The molecule has 1 aromatic heterocycles. The van der Waals surface area contributed by atoms with E-state index in [1.54, 1.807) is 35.4 Å². The van der Waals surface area contributed by atoms with Gasteiger partial charge in [-0.3, -0.25) is 14.6 Å². The first-order chi connectivity index (χ1) is 12.1. The Morgan fingerprint density at radius 3 is 2.56 bits per heavy atom. The lowest BCUT2D eigenvalue weighted by Crippen LogP contribution is -2.45. The molecule has 3 rings (SSSR count). The molecule has 0 spiro atoms. The van der Waals surface area contributed by atoms with Crippen molar-refractivity contribution in [3.8, 4) is 0 Å². The molecule has 0 bridgehead atoms. The number of hydrogen-bond acceptors (Lipinski definition) is 4. The molecule has 1 fully saturated rings. The standard InChI is InChI=1S/C17H16Cl2N4O2/c18-13-1-2-16(15(19)8-13)21-17(25)12-7-14(10-20-9-12)23-5-3-22(11-24)4-6-23/h1-2,7-11H,3-6H2,(H,21,25). The van der Waals surface area contributed by atoms with Gasteiger partial charge in [0, 0.05) is 37.4 Å². The quantitative estimate of drug-likeness (QED) is 0.830. The predicted molar refractivity (Wildman–Crippen MR) is 98.5 cm³/mol. The topological polar surface area (TPSA) is 65.5 Å². The van der Waals surface area contributed by atoms with Crippen molar-refractivity contribution >= 4 is 46.9 Å². The Balaban J connectivity index is 1.72. The second-order valence-electron chi connectivity index (χ2n) is 5.64. The van der Waals surface area contributed by atoms with E-state index in [9.17, 15) is 9.59 Å². The molecule has 0 aliphatic carbocycles. The molecule has 1 N–H and O–H groups in total. The third-order valence-electron chi connectivity index (χ3n) is 3.99. The van der Waals surface area contributed by atoms with Crippen molar-refractivity contribution in [1.82, 2.24) is 9.88 Å². The van der Waals surface area contributed by atoms with Gasteiger partial charge in [-0.25, -0.2) is 0 Å². The Hall–Kier alpha value is -2.31. The number of nitrogens with zero attached hydrogens (tertiary/aromatic N) is 3. The smallest absolute Gasteiger partial charge is 0.257 e. The zero-order valence-electron chi connectivity index (χ0n) is 13.3. The fraction of sp³-hybridized carbons (Fsp3) is 0.235. The van der Waals surface area contributed by atoms with E-state index in [4.69, 9.17) is 23.2 Å². The molecule has 25 heavy (non-hydrogen) atoms. The number of anilines is 2. The van der Waals surface area contributed by atoms with Crippen molar-refractivity contribution in [2.45, 2.75) is 0 Å². The SMILES string of the molecule is O=CN1CCN(c2cncc(C(=O)Nc3ccc(Cl)cc3Cl)c2)CC1. The number of rotatable bonds is 4. The molecule has 1 saturated heterocycles. The number of carbonyl (C=O) groups is 2. The van der Waals surface area contributed by atoms with Crippen LogP contribution in [0, 0.1) is 0 Å². The maximum absolute atomic E-state index is 12.5. The summed E-state index contributed by atoms with van der Waals surface area (Å²) in [6.45, 7) is 2.71. The summed E-state index contributed by atoms with van der Waals surface area (Å²) in [5.74, 6) is -0.301. The highest BCUT2D eigenvalue weighted by Gasteiger charge is 2.17. The number of amides is 2. The van der Waals surface area contributed by atoms with Crippen molar-refractivity contribution < 1.29 is 9.59 Å². The number of benzene rings is 1. The molecule has 130 valence electrons. The number of aromatic nitrogens is 1. The highest BCUT2D eigenvalue weighted by molar-refractivity contribution is 6.36. The van der Waals surface area contributed by atoms with Gasteiger partial charge in [0.15, 0.2) is 0 Å². The first-order valence-electron chi connectivity index (χ1n) is 7.72. The van der Waals surface area contributed by atoms with Crippen LogP contribution in [0.3, 0.4) is 0 Å². The van der Waals surface area contributed by atoms with Gasteiger partial charge in [-0.15, -0.1) is 0 Å². The molecule has 0 unspecified atom stereocenters. The first-order valence-corrected chi connectivity index (χ1v) is 8.48. The van der Waals surface area contributed by atoms with E-state index in [-0.39, 0.29) is 5.91 Å². The zero-order valence-corrected chi connectivity index (χ0v) is 14.8. The summed E-state index contributed by atoms with van der Waals surface area (Å²) in [5.41, 5.74) is 1.77. The maximum Gasteiger partial charge on any atom is 0.257 e. The van der Waals surface area contributed by atoms with E-state index in [1.165, 1.54) is 6.20 Å². The Bertz CT molecular complexity index is 792. The normalized spacial score (nSPS) is 14.3. The van der Waals surface area contributed by atoms with Crippen LogP contribution < -0.4 is 10.2 Å². The van der Waals surface area contributed by atoms with Crippen molar-refractivity contribution in [3.05, 3.63) is 52.3 Å². The molecule has 1 aliphatic heterocycles. The van der Waals surface area contributed by atoms with E-state index in [2.05, 4.69) is 15.2 Å². The Kier molecular flexibility index (Phi) is 5.40. The third-order valence-corrected chi connectivity index (χ3v) is 4.54. The lowest BCUT2D eigenvalue weighted by Gasteiger charge is -2.34. The fourth-order valence-corrected chi connectivity index (χ4v) is 3.05. The second-order valence-corrected chi connectivity index (χ2v) is 6.48. The average molecular weight is 379 g/mol. The number of halogens is 2. The maximum atomic E-state index is 12.5. The zero-order chi connectivity index (χ0) is 17.8. The van der Waals surface area contributed by atoms with Crippen molar-refractivity contribution in [2.24, 2.45) is 0 Å². The van der Waals surface area contributed by atoms with Gasteiger partial charge in [-0.05, 0) is 24.3 Å². The van der Waals surface area contributed by atoms with Gasteiger partial charge in [0.05, 0.1) is 28.2 Å². The number of piperazine rings is 1. The molecule has 8 heteroatoms. The van der Waals surface area contributed by atoms with Crippen LogP contribution in [0.25, 0.3) is 0 Å². The number of carbonyl (C=O) groups excluding carboxylic acids is 2. The minimum Gasteiger partial charge on any atom is -0.367 e. The summed E-state index contributed by atoms with van der Waals surface area (Å²) in [7, 11) is 0. The van der Waals surface area contributed by atoms with E-state index >= 15 is 0 Å². The Morgan fingerprint density at radius 2 is 1.88 bits per heavy atom. The minimum atomic E-state index is -0.301. The van der Waals surface area contributed by atoms with Gasteiger partial charge in [0.2, 0.25) is 6.41 Å².